The van der Waals surface area contributed by atoms with Gasteiger partial charge in [-0.2, -0.15) is 0 Å². The molecule has 21 heavy (non-hydrogen) atoms. The molecule has 0 aromatic carbocycles. The van der Waals surface area contributed by atoms with E-state index < -0.39 is 18.2 Å². The van der Waals surface area contributed by atoms with Crippen molar-refractivity contribution in [2.24, 2.45) is 0 Å². The highest BCUT2D eigenvalue weighted by atomic mass is 16.5. The Morgan fingerprint density at radius 2 is 2.10 bits per heavy atom. The molecule has 0 saturated heterocycles. The Balaban J connectivity index is 2.68. The third-order valence-electron chi connectivity index (χ3n) is 2.79. The van der Waals surface area contributed by atoms with Crippen LogP contribution >= 0.6 is 0 Å². The van der Waals surface area contributed by atoms with Gasteiger partial charge in [-0.3, -0.25) is 9.78 Å². The van der Waals surface area contributed by atoms with Crippen LogP contribution in [0.2, 0.25) is 0 Å². The molecule has 1 rings (SSSR count). The summed E-state index contributed by atoms with van der Waals surface area (Å²) in [6.07, 6.45) is 0.619. The number of ether oxygens (including phenoxy) is 1. The zero-order chi connectivity index (χ0) is 15.8. The number of carbonyl (C=O) groups excluding carboxylic acids is 2. The maximum absolute atomic E-state index is 11.6. The molecular formula is C14H20N2O5. The predicted octanol–water partition coefficient (Wildman–Crippen LogP) is 0.179. The molecule has 0 aliphatic carbocycles. The molecule has 116 valence electrons. The van der Waals surface area contributed by atoms with Gasteiger partial charge in [0.05, 0.1) is 18.3 Å². The van der Waals surface area contributed by atoms with Gasteiger partial charge in [-0.05, 0) is 19.4 Å². The molecule has 0 bridgehead atoms. The van der Waals surface area contributed by atoms with Gasteiger partial charge >= 0.3 is 5.97 Å². The number of hydrogen-bond acceptors (Lipinski definition) is 6. The summed E-state index contributed by atoms with van der Waals surface area (Å²) in [7, 11) is 0. The molecule has 0 spiro atoms. The SMILES string of the molecule is CCOC(=O)c1cncc(C(O)C(O)CCNC(C)=O)c1. The first-order valence-corrected chi connectivity index (χ1v) is 6.68. The van der Waals surface area contributed by atoms with E-state index in [0.29, 0.717) is 5.56 Å². The van der Waals surface area contributed by atoms with Crippen molar-refractivity contribution in [3.05, 3.63) is 29.6 Å². The number of rotatable bonds is 7. The fraction of sp³-hybridized carbons (Fsp3) is 0.500. The zero-order valence-corrected chi connectivity index (χ0v) is 12.1. The van der Waals surface area contributed by atoms with Crippen LogP contribution in [0.4, 0.5) is 0 Å². The van der Waals surface area contributed by atoms with Crippen molar-refractivity contribution in [1.29, 1.82) is 0 Å². The summed E-state index contributed by atoms with van der Waals surface area (Å²) in [4.78, 5) is 26.2. The minimum Gasteiger partial charge on any atom is -0.462 e. The van der Waals surface area contributed by atoms with Gasteiger partial charge in [0, 0.05) is 31.4 Å². The second-order valence-electron chi connectivity index (χ2n) is 4.51. The number of aromatic nitrogens is 1. The van der Waals surface area contributed by atoms with Gasteiger partial charge in [-0.25, -0.2) is 4.79 Å². The monoisotopic (exact) mass is 296 g/mol. The minimum atomic E-state index is -1.19. The number of aliphatic hydroxyl groups excluding tert-OH is 2. The highest BCUT2D eigenvalue weighted by Gasteiger charge is 2.20. The first kappa shape index (κ1) is 17.1. The van der Waals surface area contributed by atoms with E-state index >= 15 is 0 Å². The smallest absolute Gasteiger partial charge is 0.339 e. The van der Waals surface area contributed by atoms with Gasteiger partial charge in [0.25, 0.3) is 0 Å². The predicted molar refractivity (Wildman–Crippen MR) is 74.5 cm³/mol. The molecule has 0 fully saturated rings. The molecule has 2 unspecified atom stereocenters. The van der Waals surface area contributed by atoms with Crippen molar-refractivity contribution < 1.29 is 24.5 Å². The van der Waals surface area contributed by atoms with Gasteiger partial charge in [0.1, 0.15) is 6.10 Å². The quantitative estimate of drug-likeness (QED) is 0.619. The van der Waals surface area contributed by atoms with Crippen molar-refractivity contribution >= 4 is 11.9 Å². The lowest BCUT2D eigenvalue weighted by atomic mass is 10.0. The molecule has 7 nitrogen and oxygen atoms in total. The molecular weight excluding hydrogens is 276 g/mol. The molecule has 1 amide bonds. The first-order valence-electron chi connectivity index (χ1n) is 6.68. The highest BCUT2D eigenvalue weighted by molar-refractivity contribution is 5.89. The number of aliphatic hydroxyl groups is 2. The summed E-state index contributed by atoms with van der Waals surface area (Å²) in [6, 6.07) is 1.43. The fourth-order valence-corrected chi connectivity index (χ4v) is 1.72. The zero-order valence-electron chi connectivity index (χ0n) is 12.1. The molecule has 1 aromatic rings. The van der Waals surface area contributed by atoms with E-state index in [2.05, 4.69) is 10.3 Å². The largest absolute Gasteiger partial charge is 0.462 e. The lowest BCUT2D eigenvalue weighted by molar-refractivity contribution is -0.119. The van der Waals surface area contributed by atoms with Crippen LogP contribution in [0.1, 0.15) is 42.3 Å². The number of nitrogens with one attached hydrogen (secondary N) is 1. The van der Waals surface area contributed by atoms with Crippen LogP contribution in [0.3, 0.4) is 0 Å². The van der Waals surface area contributed by atoms with Crippen LogP contribution in [0, 0.1) is 0 Å². The molecule has 3 N–H and O–H groups in total. The van der Waals surface area contributed by atoms with Crippen LogP contribution in [0.5, 0.6) is 0 Å². The summed E-state index contributed by atoms with van der Waals surface area (Å²) in [6.45, 7) is 3.55. The number of amides is 1. The van der Waals surface area contributed by atoms with Gasteiger partial charge in [0.2, 0.25) is 5.91 Å². The molecule has 0 radical (unpaired) electrons. The molecule has 7 heteroatoms. The van der Waals surface area contributed by atoms with Crippen molar-refractivity contribution in [2.75, 3.05) is 13.2 Å². The molecule has 1 aromatic heterocycles. The average molecular weight is 296 g/mol. The van der Waals surface area contributed by atoms with Crippen molar-refractivity contribution in [3.8, 4) is 0 Å². The molecule has 0 saturated carbocycles. The summed E-state index contributed by atoms with van der Waals surface area (Å²) in [5.41, 5.74) is 0.526. The van der Waals surface area contributed by atoms with E-state index in [-0.39, 0.29) is 31.0 Å². The highest BCUT2D eigenvalue weighted by Crippen LogP contribution is 2.19. The number of esters is 1. The Morgan fingerprint density at radius 1 is 1.38 bits per heavy atom. The fourth-order valence-electron chi connectivity index (χ4n) is 1.72. The van der Waals surface area contributed by atoms with Crippen molar-refractivity contribution in [1.82, 2.24) is 10.3 Å². The van der Waals surface area contributed by atoms with Crippen molar-refractivity contribution in [2.45, 2.75) is 32.5 Å². The van der Waals surface area contributed by atoms with Crippen LogP contribution in [0.15, 0.2) is 18.5 Å². The Bertz CT molecular complexity index is 492. The topological polar surface area (TPSA) is 109 Å². The maximum atomic E-state index is 11.6. The van der Waals surface area contributed by atoms with Gasteiger partial charge in [0.15, 0.2) is 0 Å². The maximum Gasteiger partial charge on any atom is 0.339 e. The second kappa shape index (κ2) is 8.33. The normalized spacial score (nSPS) is 13.3. The number of hydrogen-bond donors (Lipinski definition) is 3. The minimum absolute atomic E-state index is 0.185. The van der Waals surface area contributed by atoms with Gasteiger partial charge in [-0.15, -0.1) is 0 Å². The van der Waals surface area contributed by atoms with E-state index in [9.17, 15) is 19.8 Å². The number of pyridine rings is 1. The van der Waals surface area contributed by atoms with Crippen LogP contribution in [0.25, 0.3) is 0 Å². The third-order valence-corrected chi connectivity index (χ3v) is 2.79. The summed E-state index contributed by atoms with van der Waals surface area (Å²) < 4.78 is 4.84. The Kier molecular flexibility index (Phi) is 6.77. The Hall–Kier alpha value is -1.99. The van der Waals surface area contributed by atoms with E-state index in [1.165, 1.54) is 25.4 Å². The number of carbonyl (C=O) groups is 2. The second-order valence-corrected chi connectivity index (χ2v) is 4.51. The standard InChI is InChI=1S/C14H20N2O5/c1-3-21-14(20)11-6-10(7-15-8-11)13(19)12(18)4-5-16-9(2)17/h6-8,12-13,18-19H,3-5H2,1-2H3,(H,16,17). The Labute approximate surface area is 123 Å². The third kappa shape index (κ3) is 5.49. The van der Waals surface area contributed by atoms with Crippen LogP contribution in [-0.2, 0) is 9.53 Å². The van der Waals surface area contributed by atoms with E-state index in [1.54, 1.807) is 6.92 Å². The Morgan fingerprint density at radius 3 is 2.71 bits per heavy atom. The number of nitrogens with zero attached hydrogens (tertiary/aromatic N) is 1. The summed E-state index contributed by atoms with van der Waals surface area (Å²) in [5.74, 6) is -0.741. The first-order chi connectivity index (χ1) is 9.95. The molecule has 0 aliphatic heterocycles. The van der Waals surface area contributed by atoms with E-state index in [0.717, 1.165) is 0 Å². The lowest BCUT2D eigenvalue weighted by Crippen LogP contribution is -2.27. The van der Waals surface area contributed by atoms with Crippen molar-refractivity contribution in [3.63, 3.8) is 0 Å². The summed E-state index contributed by atoms with van der Waals surface area (Å²) >= 11 is 0. The van der Waals surface area contributed by atoms with E-state index in [1.807, 2.05) is 0 Å². The van der Waals surface area contributed by atoms with Gasteiger partial charge < -0.3 is 20.3 Å². The molecule has 0 aliphatic rings. The van der Waals surface area contributed by atoms with Gasteiger partial charge in [-0.1, -0.05) is 0 Å². The lowest BCUT2D eigenvalue weighted by Gasteiger charge is -2.18. The average Bonchev–Trinajstić information content (AvgIpc) is 2.46. The van der Waals surface area contributed by atoms with Crippen LogP contribution < -0.4 is 5.32 Å². The summed E-state index contributed by atoms with van der Waals surface area (Å²) in [5, 5.41) is 22.4. The molecule has 2 atom stereocenters. The molecule has 1 heterocycles. The van der Waals surface area contributed by atoms with E-state index in [4.69, 9.17) is 4.74 Å². The van der Waals surface area contributed by atoms with Crippen LogP contribution in [-0.4, -0.2) is 46.3 Å².